The molecule has 1 saturated heterocycles. The Morgan fingerprint density at radius 2 is 1.59 bits per heavy atom. The summed E-state index contributed by atoms with van der Waals surface area (Å²) >= 11 is 0. The number of hydrogen-bond acceptors (Lipinski definition) is 6. The van der Waals surface area contributed by atoms with E-state index in [1.807, 2.05) is 13.8 Å². The zero-order valence-corrected chi connectivity index (χ0v) is 20.8. The number of carbonyl (C=O) groups excluding carboxylic acids is 4. The smallest absolute Gasteiger partial charge is 0.411 e. The number of terminal acetylenes is 1. The standard InChI is InChI=1S/C24H38N2O6/c1-11-19(28)16-13-18(21(29)31-23(5,6)7)26(22(30)32-24(8,9)10)20(16)17(12-14(2)3)25-15(4)27/h1,14,16-18,20H,12-13H2,2-10H3,(H,25,27)/t16-,17-,18?,20+/m0/s1. The van der Waals surface area contributed by atoms with Crippen molar-refractivity contribution in [2.75, 3.05) is 0 Å². The first-order valence-corrected chi connectivity index (χ1v) is 11.0. The van der Waals surface area contributed by atoms with Crippen LogP contribution >= 0.6 is 0 Å². The maximum absolute atomic E-state index is 13.3. The van der Waals surface area contributed by atoms with E-state index in [0.29, 0.717) is 6.42 Å². The van der Waals surface area contributed by atoms with Gasteiger partial charge in [-0.1, -0.05) is 13.8 Å². The molecule has 1 aliphatic rings. The Bertz CT molecular complexity index is 769. The molecule has 1 aliphatic heterocycles. The summed E-state index contributed by atoms with van der Waals surface area (Å²) in [7, 11) is 0. The fraction of sp³-hybridized carbons (Fsp3) is 0.750. The lowest BCUT2D eigenvalue weighted by Gasteiger charge is -2.38. The molecule has 1 rings (SSSR count). The summed E-state index contributed by atoms with van der Waals surface area (Å²) in [4.78, 5) is 52.4. The van der Waals surface area contributed by atoms with Crippen molar-refractivity contribution in [3.8, 4) is 12.3 Å². The third-order valence-corrected chi connectivity index (χ3v) is 4.83. The van der Waals surface area contributed by atoms with Crippen LogP contribution in [0.4, 0.5) is 4.79 Å². The van der Waals surface area contributed by atoms with E-state index in [9.17, 15) is 19.2 Å². The lowest BCUT2D eigenvalue weighted by atomic mass is 9.86. The van der Waals surface area contributed by atoms with Crippen molar-refractivity contribution in [2.45, 2.75) is 104 Å². The van der Waals surface area contributed by atoms with Crippen LogP contribution in [0.2, 0.25) is 0 Å². The zero-order chi connectivity index (χ0) is 25.0. The normalized spacial score (nSPS) is 22.2. The van der Waals surface area contributed by atoms with Crippen LogP contribution in [0.1, 0.15) is 75.2 Å². The first kappa shape index (κ1) is 27.5. The van der Waals surface area contributed by atoms with Crippen molar-refractivity contribution < 1.29 is 28.7 Å². The summed E-state index contributed by atoms with van der Waals surface area (Å²) in [6.07, 6.45) is 5.13. The van der Waals surface area contributed by atoms with Gasteiger partial charge in [-0.3, -0.25) is 14.5 Å². The SMILES string of the molecule is C#CC(=O)[C@@H]1CC(C(=O)OC(C)(C)C)N(C(=O)OC(C)(C)C)[C@H]1[C@H](CC(C)C)NC(C)=O. The minimum absolute atomic E-state index is 0.00393. The van der Waals surface area contributed by atoms with Gasteiger partial charge in [0.2, 0.25) is 11.7 Å². The van der Waals surface area contributed by atoms with Gasteiger partial charge in [0.15, 0.2) is 0 Å². The first-order valence-electron chi connectivity index (χ1n) is 11.0. The number of hydrogen-bond donors (Lipinski definition) is 1. The summed E-state index contributed by atoms with van der Waals surface area (Å²) in [6, 6.07) is -2.52. The molecule has 2 amide bonds. The molecule has 8 heteroatoms. The third kappa shape index (κ3) is 7.85. The van der Waals surface area contributed by atoms with E-state index in [2.05, 4.69) is 11.2 Å². The van der Waals surface area contributed by atoms with E-state index in [0.717, 1.165) is 0 Å². The Morgan fingerprint density at radius 3 is 2.00 bits per heavy atom. The number of carbonyl (C=O) groups is 4. The van der Waals surface area contributed by atoms with Gasteiger partial charge in [-0.2, -0.15) is 0 Å². The van der Waals surface area contributed by atoms with Gasteiger partial charge in [0, 0.05) is 6.92 Å². The average molecular weight is 451 g/mol. The first-order chi connectivity index (χ1) is 14.5. The zero-order valence-electron chi connectivity index (χ0n) is 20.8. The number of likely N-dealkylation sites (tertiary alicyclic amines) is 1. The molecule has 0 aromatic heterocycles. The molecule has 1 heterocycles. The predicted octanol–water partition coefficient (Wildman–Crippen LogP) is 3.08. The Labute approximate surface area is 191 Å². The number of ether oxygens (including phenoxy) is 2. The van der Waals surface area contributed by atoms with Gasteiger partial charge < -0.3 is 14.8 Å². The third-order valence-electron chi connectivity index (χ3n) is 4.83. The molecule has 0 aliphatic carbocycles. The van der Waals surface area contributed by atoms with Gasteiger partial charge in [0.05, 0.1) is 18.0 Å². The van der Waals surface area contributed by atoms with Gasteiger partial charge in [-0.25, -0.2) is 9.59 Å². The van der Waals surface area contributed by atoms with Gasteiger partial charge in [-0.15, -0.1) is 6.42 Å². The highest BCUT2D eigenvalue weighted by Crippen LogP contribution is 2.37. The van der Waals surface area contributed by atoms with Gasteiger partial charge >= 0.3 is 12.1 Å². The van der Waals surface area contributed by atoms with Crippen molar-refractivity contribution in [3.63, 3.8) is 0 Å². The highest BCUT2D eigenvalue weighted by Gasteiger charge is 2.54. The quantitative estimate of drug-likeness (QED) is 0.379. The molecule has 8 nitrogen and oxygen atoms in total. The molecule has 0 aromatic carbocycles. The molecule has 32 heavy (non-hydrogen) atoms. The molecule has 0 bridgehead atoms. The Balaban J connectivity index is 3.59. The molecule has 1 unspecified atom stereocenters. The summed E-state index contributed by atoms with van der Waals surface area (Å²) in [6.45, 7) is 15.6. The minimum atomic E-state index is -1.07. The summed E-state index contributed by atoms with van der Waals surface area (Å²) in [5, 5.41) is 2.86. The number of rotatable bonds is 6. The number of Topliss-reactive ketones (excluding diaryl/α,β-unsaturated/α-hetero) is 1. The van der Waals surface area contributed by atoms with Crippen LogP contribution < -0.4 is 5.32 Å². The predicted molar refractivity (Wildman–Crippen MR) is 121 cm³/mol. The molecular weight excluding hydrogens is 412 g/mol. The van der Waals surface area contributed by atoms with Gasteiger partial charge in [0.25, 0.3) is 0 Å². The van der Waals surface area contributed by atoms with Crippen LogP contribution in [0, 0.1) is 24.2 Å². The minimum Gasteiger partial charge on any atom is -0.458 e. The van der Waals surface area contributed by atoms with Crippen LogP contribution in [0.3, 0.4) is 0 Å². The molecule has 1 N–H and O–H groups in total. The largest absolute Gasteiger partial charge is 0.458 e. The van der Waals surface area contributed by atoms with E-state index in [1.165, 1.54) is 11.8 Å². The molecule has 4 atom stereocenters. The molecule has 180 valence electrons. The van der Waals surface area contributed by atoms with Crippen molar-refractivity contribution in [2.24, 2.45) is 11.8 Å². The lowest BCUT2D eigenvalue weighted by Crippen LogP contribution is -2.57. The Hall–Kier alpha value is -2.56. The van der Waals surface area contributed by atoms with Crippen molar-refractivity contribution in [1.82, 2.24) is 10.2 Å². The second-order valence-corrected chi connectivity index (χ2v) is 10.7. The van der Waals surface area contributed by atoms with E-state index >= 15 is 0 Å². The highest BCUT2D eigenvalue weighted by atomic mass is 16.6. The van der Waals surface area contributed by atoms with Crippen molar-refractivity contribution >= 4 is 23.8 Å². The number of esters is 1. The molecule has 1 fully saturated rings. The molecule has 0 saturated carbocycles. The van der Waals surface area contributed by atoms with E-state index in [-0.39, 0.29) is 18.2 Å². The Kier molecular flexibility index (Phi) is 8.90. The van der Waals surface area contributed by atoms with Gasteiger partial charge in [0.1, 0.15) is 17.2 Å². The van der Waals surface area contributed by atoms with E-state index < -0.39 is 53.1 Å². The van der Waals surface area contributed by atoms with Crippen LogP contribution in [-0.2, 0) is 23.9 Å². The van der Waals surface area contributed by atoms with Gasteiger partial charge in [-0.05, 0) is 66.2 Å². The van der Waals surface area contributed by atoms with Crippen molar-refractivity contribution in [1.29, 1.82) is 0 Å². The highest BCUT2D eigenvalue weighted by molar-refractivity contribution is 5.99. The monoisotopic (exact) mass is 450 g/mol. The number of amides is 2. The fourth-order valence-electron chi connectivity index (χ4n) is 3.93. The van der Waals surface area contributed by atoms with Crippen LogP contribution in [0.5, 0.6) is 0 Å². The fourth-order valence-corrected chi connectivity index (χ4v) is 3.93. The number of nitrogens with one attached hydrogen (secondary N) is 1. The molecule has 0 spiro atoms. The maximum atomic E-state index is 13.3. The van der Waals surface area contributed by atoms with Crippen molar-refractivity contribution in [3.05, 3.63) is 0 Å². The second kappa shape index (κ2) is 10.4. The van der Waals surface area contributed by atoms with E-state index in [4.69, 9.17) is 15.9 Å². The Morgan fingerprint density at radius 1 is 1.06 bits per heavy atom. The maximum Gasteiger partial charge on any atom is 0.411 e. The van der Waals surface area contributed by atoms with Crippen LogP contribution in [0.15, 0.2) is 0 Å². The summed E-state index contributed by atoms with van der Waals surface area (Å²) in [5.41, 5.74) is -1.63. The van der Waals surface area contributed by atoms with Crippen LogP contribution in [0.25, 0.3) is 0 Å². The second-order valence-electron chi connectivity index (χ2n) is 10.7. The lowest BCUT2D eigenvalue weighted by molar-refractivity contribution is -0.160. The van der Waals surface area contributed by atoms with Crippen LogP contribution in [-0.4, -0.2) is 58.0 Å². The topological polar surface area (TPSA) is 102 Å². The van der Waals surface area contributed by atoms with E-state index in [1.54, 1.807) is 41.5 Å². The number of ketones is 1. The number of nitrogens with zero attached hydrogens (tertiary/aromatic N) is 1. The molecular formula is C24H38N2O6. The summed E-state index contributed by atoms with van der Waals surface area (Å²) in [5.74, 6) is -0.0741. The molecule has 0 radical (unpaired) electrons. The summed E-state index contributed by atoms with van der Waals surface area (Å²) < 4.78 is 11.1. The molecule has 0 aromatic rings. The average Bonchev–Trinajstić information content (AvgIpc) is 2.97.